The van der Waals surface area contributed by atoms with Crippen LogP contribution in [0.3, 0.4) is 0 Å². The summed E-state index contributed by atoms with van der Waals surface area (Å²) < 4.78 is 7.20. The molecule has 4 atom stereocenters. The first-order chi connectivity index (χ1) is 15.5. The zero-order valence-electron chi connectivity index (χ0n) is 17.6. The van der Waals surface area contributed by atoms with Gasteiger partial charge in [-0.15, -0.1) is 0 Å². The predicted molar refractivity (Wildman–Crippen MR) is 114 cm³/mol. The zero-order valence-corrected chi connectivity index (χ0v) is 17.6. The number of aliphatic hydroxyl groups is 2. The van der Waals surface area contributed by atoms with Crippen LogP contribution < -0.4 is 16.4 Å². The highest BCUT2D eigenvalue weighted by Gasteiger charge is 2.48. The van der Waals surface area contributed by atoms with Gasteiger partial charge in [-0.3, -0.25) is 9.36 Å². The number of nitrogen functional groups attached to an aromatic ring is 1. The maximum Gasteiger partial charge on any atom is 0.252 e. The molecule has 3 aliphatic rings. The first kappa shape index (κ1) is 21.1. The van der Waals surface area contributed by atoms with Gasteiger partial charge in [0.15, 0.2) is 23.8 Å². The summed E-state index contributed by atoms with van der Waals surface area (Å²) in [6.07, 6.45) is 1.23. The Kier molecular flexibility index (Phi) is 5.69. The van der Waals surface area contributed by atoms with E-state index in [0.717, 1.165) is 45.2 Å². The molecule has 2 aromatic heterocycles. The van der Waals surface area contributed by atoms with Crippen LogP contribution in [-0.2, 0) is 9.53 Å². The van der Waals surface area contributed by atoms with Crippen LogP contribution in [0, 0.1) is 17.8 Å². The summed E-state index contributed by atoms with van der Waals surface area (Å²) in [5.74, 6) is 6.65. The molecule has 1 saturated carbocycles. The van der Waals surface area contributed by atoms with E-state index in [1.807, 2.05) is 0 Å². The molecule has 2 saturated heterocycles. The summed E-state index contributed by atoms with van der Waals surface area (Å²) in [7, 11) is 0. The highest BCUT2D eigenvalue weighted by Crippen LogP contribution is 2.33. The van der Waals surface area contributed by atoms with Crippen molar-refractivity contribution in [1.82, 2.24) is 30.2 Å². The van der Waals surface area contributed by atoms with Crippen molar-refractivity contribution >= 4 is 22.9 Å². The molecule has 4 heterocycles. The van der Waals surface area contributed by atoms with Crippen molar-refractivity contribution in [2.24, 2.45) is 5.92 Å². The molecule has 6 N–H and O–H groups in total. The number of carbonyl (C=O) groups excluding carboxylic acids is 1. The number of nitrogens with one attached hydrogen (secondary N) is 2. The molecule has 0 aromatic carbocycles. The lowest BCUT2D eigenvalue weighted by Crippen LogP contribution is -2.43. The van der Waals surface area contributed by atoms with Crippen molar-refractivity contribution in [2.45, 2.75) is 62.7 Å². The third-order valence-electron chi connectivity index (χ3n) is 6.19. The fourth-order valence-electron chi connectivity index (χ4n) is 4.16. The molecule has 5 rings (SSSR count). The Balaban J connectivity index is 1.37. The van der Waals surface area contributed by atoms with Gasteiger partial charge in [0.2, 0.25) is 5.82 Å². The minimum Gasteiger partial charge on any atom is -0.387 e. The Hall–Kier alpha value is -2.78. The van der Waals surface area contributed by atoms with E-state index in [-0.39, 0.29) is 17.7 Å². The molecule has 1 aliphatic carbocycles. The first-order valence-corrected chi connectivity index (χ1v) is 11.0. The molecule has 2 aliphatic heterocycles. The molecule has 4 unspecified atom stereocenters. The molecule has 2 aromatic rings. The van der Waals surface area contributed by atoms with Gasteiger partial charge < -0.3 is 31.3 Å². The molecular weight excluding hydrogens is 414 g/mol. The first-order valence-electron chi connectivity index (χ1n) is 11.0. The Bertz CT molecular complexity index is 1070. The number of hydrogen-bond donors (Lipinski definition) is 5. The Morgan fingerprint density at radius 1 is 1.25 bits per heavy atom. The summed E-state index contributed by atoms with van der Waals surface area (Å²) in [5, 5.41) is 27.1. The minimum absolute atomic E-state index is 0.113. The smallest absolute Gasteiger partial charge is 0.252 e. The quantitative estimate of drug-likeness (QED) is 0.377. The van der Waals surface area contributed by atoms with Crippen molar-refractivity contribution in [3.8, 4) is 11.8 Å². The van der Waals surface area contributed by atoms with Gasteiger partial charge in [-0.25, -0.2) is 15.0 Å². The fraction of sp³-hybridized carbons (Fsp3) is 0.619. The molecule has 11 heteroatoms. The average Bonchev–Trinajstić information content (AvgIpc) is 3.42. The standard InChI is InChI=1S/C21H27N7O4/c22-18-14-19(27-13(26-18)3-1-2-11-6-8-23-9-7-11)28(10-24-14)21-16(30)15(29)17(32-21)20(31)25-12-4-5-12/h10-12,15-17,21,23,29-30H,2,4-9H2,(H,25,31)(H2,22,26,27). The van der Waals surface area contributed by atoms with Crippen molar-refractivity contribution in [3.05, 3.63) is 12.2 Å². The molecule has 0 spiro atoms. The highest BCUT2D eigenvalue weighted by molar-refractivity contribution is 5.83. The number of amides is 1. The lowest BCUT2D eigenvalue weighted by Gasteiger charge is -2.20. The van der Waals surface area contributed by atoms with E-state index in [4.69, 9.17) is 10.5 Å². The molecule has 0 bridgehead atoms. The summed E-state index contributed by atoms with van der Waals surface area (Å²) >= 11 is 0. The Morgan fingerprint density at radius 2 is 2.03 bits per heavy atom. The number of rotatable bonds is 4. The number of piperidine rings is 1. The number of nitrogens with zero attached hydrogens (tertiary/aromatic N) is 4. The number of imidazole rings is 1. The number of anilines is 1. The number of fused-ring (bicyclic) bond motifs is 1. The molecule has 11 nitrogen and oxygen atoms in total. The number of aliphatic hydroxyl groups excluding tert-OH is 2. The van der Waals surface area contributed by atoms with Crippen LogP contribution in [0.25, 0.3) is 11.2 Å². The highest BCUT2D eigenvalue weighted by atomic mass is 16.6. The summed E-state index contributed by atoms with van der Waals surface area (Å²) in [5.41, 5.74) is 6.72. The van der Waals surface area contributed by atoms with Crippen molar-refractivity contribution < 1.29 is 19.7 Å². The van der Waals surface area contributed by atoms with E-state index >= 15 is 0 Å². The van der Waals surface area contributed by atoms with Gasteiger partial charge in [-0.05, 0) is 50.6 Å². The normalized spacial score (nSPS) is 28.4. The lowest BCUT2D eigenvalue weighted by atomic mass is 9.95. The van der Waals surface area contributed by atoms with Gasteiger partial charge in [0.1, 0.15) is 17.7 Å². The van der Waals surface area contributed by atoms with Crippen LogP contribution in [0.15, 0.2) is 6.33 Å². The van der Waals surface area contributed by atoms with Crippen LogP contribution in [0.5, 0.6) is 0 Å². The van der Waals surface area contributed by atoms with Gasteiger partial charge in [-0.1, -0.05) is 5.92 Å². The molecule has 0 radical (unpaired) electrons. The van der Waals surface area contributed by atoms with E-state index in [1.54, 1.807) is 0 Å². The Labute approximate surface area is 184 Å². The topological polar surface area (TPSA) is 160 Å². The molecule has 170 valence electrons. The van der Waals surface area contributed by atoms with E-state index in [9.17, 15) is 15.0 Å². The van der Waals surface area contributed by atoms with Crippen molar-refractivity contribution in [2.75, 3.05) is 18.8 Å². The van der Waals surface area contributed by atoms with E-state index in [1.165, 1.54) is 10.9 Å². The minimum atomic E-state index is -1.38. The van der Waals surface area contributed by atoms with Crippen LogP contribution >= 0.6 is 0 Å². The third kappa shape index (κ3) is 4.14. The number of carbonyl (C=O) groups is 1. The van der Waals surface area contributed by atoms with Gasteiger partial charge in [0.25, 0.3) is 5.91 Å². The number of hydrogen-bond acceptors (Lipinski definition) is 9. The van der Waals surface area contributed by atoms with Gasteiger partial charge in [0.05, 0.1) is 6.33 Å². The monoisotopic (exact) mass is 441 g/mol. The third-order valence-corrected chi connectivity index (χ3v) is 6.19. The van der Waals surface area contributed by atoms with Gasteiger partial charge in [0, 0.05) is 12.5 Å². The summed E-state index contributed by atoms with van der Waals surface area (Å²) in [6, 6.07) is 0.113. The second kappa shape index (κ2) is 8.63. The van der Waals surface area contributed by atoms with Crippen molar-refractivity contribution in [1.29, 1.82) is 0 Å². The zero-order chi connectivity index (χ0) is 22.2. The number of aromatic nitrogens is 4. The molecule has 3 fully saturated rings. The lowest BCUT2D eigenvalue weighted by molar-refractivity contribution is -0.137. The second-order valence-corrected chi connectivity index (χ2v) is 8.67. The number of nitrogens with two attached hydrogens (primary N) is 1. The molecule has 1 amide bonds. The molecular formula is C21H27N7O4. The van der Waals surface area contributed by atoms with Crippen LogP contribution in [-0.4, -0.2) is 73.1 Å². The fourth-order valence-corrected chi connectivity index (χ4v) is 4.16. The summed E-state index contributed by atoms with van der Waals surface area (Å²) in [6.45, 7) is 2.02. The maximum atomic E-state index is 12.4. The molecule has 32 heavy (non-hydrogen) atoms. The van der Waals surface area contributed by atoms with Crippen molar-refractivity contribution in [3.63, 3.8) is 0 Å². The SMILES string of the molecule is Nc1nc(C#CCC2CCNCC2)nc2c1ncn2C1OC(C(=O)NC2CC2)C(O)C1O. The summed E-state index contributed by atoms with van der Waals surface area (Å²) in [4.78, 5) is 25.3. The van der Waals surface area contributed by atoms with Gasteiger partial charge >= 0.3 is 0 Å². The average molecular weight is 441 g/mol. The van der Waals surface area contributed by atoms with E-state index in [2.05, 4.69) is 37.4 Å². The largest absolute Gasteiger partial charge is 0.387 e. The number of ether oxygens (including phenoxy) is 1. The van der Waals surface area contributed by atoms with E-state index in [0.29, 0.717) is 17.1 Å². The second-order valence-electron chi connectivity index (χ2n) is 8.67. The van der Waals surface area contributed by atoms with Crippen LogP contribution in [0.2, 0.25) is 0 Å². The van der Waals surface area contributed by atoms with Crippen LogP contribution in [0.1, 0.15) is 44.2 Å². The van der Waals surface area contributed by atoms with Crippen LogP contribution in [0.4, 0.5) is 5.82 Å². The van der Waals surface area contributed by atoms with Gasteiger partial charge in [-0.2, -0.15) is 0 Å². The van der Waals surface area contributed by atoms with E-state index < -0.39 is 30.4 Å². The maximum absolute atomic E-state index is 12.4. The Morgan fingerprint density at radius 3 is 2.78 bits per heavy atom. The predicted octanol–water partition coefficient (Wildman–Crippen LogP) is -0.952.